The van der Waals surface area contributed by atoms with Gasteiger partial charge >= 0.3 is 0 Å². The van der Waals surface area contributed by atoms with Crippen LogP contribution in [0.5, 0.6) is 5.75 Å². The van der Waals surface area contributed by atoms with Crippen molar-refractivity contribution in [2.75, 3.05) is 5.73 Å². The lowest BCUT2D eigenvalue weighted by atomic mass is 10.1. The van der Waals surface area contributed by atoms with Crippen molar-refractivity contribution < 1.29 is 9.13 Å². The Morgan fingerprint density at radius 3 is 2.63 bits per heavy atom. The van der Waals surface area contributed by atoms with E-state index in [1.807, 2.05) is 13.8 Å². The minimum absolute atomic E-state index is 0.0809. The van der Waals surface area contributed by atoms with Crippen molar-refractivity contribution in [1.29, 1.82) is 0 Å². The molecule has 0 aliphatic rings. The topological polar surface area (TPSA) is 48.1 Å². The van der Waals surface area contributed by atoms with Crippen LogP contribution in [0.3, 0.4) is 0 Å². The first-order valence-electron chi connectivity index (χ1n) is 5.85. The predicted molar refractivity (Wildman–Crippen MR) is 74.8 cm³/mol. The maximum atomic E-state index is 13.9. The van der Waals surface area contributed by atoms with Gasteiger partial charge in [-0.1, -0.05) is 17.7 Å². The molecule has 0 amide bonds. The van der Waals surface area contributed by atoms with E-state index in [-0.39, 0.29) is 11.9 Å². The first-order valence-corrected chi connectivity index (χ1v) is 6.22. The van der Waals surface area contributed by atoms with E-state index in [4.69, 9.17) is 22.1 Å². The summed E-state index contributed by atoms with van der Waals surface area (Å²) in [6.45, 7) is 3.68. The molecule has 1 heterocycles. The molecule has 100 valence electrons. The minimum atomic E-state index is -0.430. The highest BCUT2D eigenvalue weighted by molar-refractivity contribution is 6.29. The van der Waals surface area contributed by atoms with E-state index in [1.54, 1.807) is 12.1 Å². The molecule has 0 radical (unpaired) electrons. The number of benzene rings is 1. The fraction of sp³-hybridized carbons (Fsp3) is 0.214. The van der Waals surface area contributed by atoms with Gasteiger partial charge in [-0.25, -0.2) is 9.37 Å². The monoisotopic (exact) mass is 280 g/mol. The van der Waals surface area contributed by atoms with Crippen LogP contribution < -0.4 is 10.5 Å². The number of nitrogen functional groups attached to an aromatic ring is 1. The predicted octanol–water partition coefficient (Wildman–Crippen LogP) is 3.91. The first kappa shape index (κ1) is 13.6. The molecule has 19 heavy (non-hydrogen) atoms. The number of nitrogens with zero attached hydrogens (tertiary/aromatic N) is 1. The molecule has 0 saturated heterocycles. The number of ether oxygens (including phenoxy) is 1. The van der Waals surface area contributed by atoms with Crippen molar-refractivity contribution in [3.05, 3.63) is 41.4 Å². The highest BCUT2D eigenvalue weighted by atomic mass is 35.5. The van der Waals surface area contributed by atoms with Gasteiger partial charge in [0.15, 0.2) is 11.6 Å². The Morgan fingerprint density at radius 2 is 2.05 bits per heavy atom. The summed E-state index contributed by atoms with van der Waals surface area (Å²) in [5.74, 6) is -0.209. The Kier molecular flexibility index (Phi) is 3.90. The molecule has 0 atom stereocenters. The number of hydrogen-bond donors (Lipinski definition) is 1. The van der Waals surface area contributed by atoms with Gasteiger partial charge in [0.1, 0.15) is 5.15 Å². The SMILES string of the molecule is CC(C)Oc1ccc(-c2cnc(Cl)cc2N)cc1F. The molecule has 0 fully saturated rings. The highest BCUT2D eigenvalue weighted by Gasteiger charge is 2.10. The fourth-order valence-corrected chi connectivity index (χ4v) is 1.87. The third kappa shape index (κ3) is 3.15. The molecule has 2 aromatic rings. The molecule has 3 nitrogen and oxygen atoms in total. The van der Waals surface area contributed by atoms with E-state index in [0.29, 0.717) is 22.0 Å². The third-order valence-corrected chi connectivity index (χ3v) is 2.71. The lowest BCUT2D eigenvalue weighted by Crippen LogP contribution is -2.06. The van der Waals surface area contributed by atoms with Gasteiger partial charge in [-0.05, 0) is 37.6 Å². The fourth-order valence-electron chi connectivity index (χ4n) is 1.70. The third-order valence-electron chi connectivity index (χ3n) is 2.51. The number of hydrogen-bond acceptors (Lipinski definition) is 3. The summed E-state index contributed by atoms with van der Waals surface area (Å²) in [6.07, 6.45) is 1.44. The van der Waals surface area contributed by atoms with Gasteiger partial charge in [-0.15, -0.1) is 0 Å². The minimum Gasteiger partial charge on any atom is -0.488 e. The molecule has 2 rings (SSSR count). The maximum Gasteiger partial charge on any atom is 0.165 e. The zero-order chi connectivity index (χ0) is 14.0. The lowest BCUT2D eigenvalue weighted by Gasteiger charge is -2.12. The summed E-state index contributed by atoms with van der Waals surface area (Å²) in [5, 5.41) is 0.307. The smallest absolute Gasteiger partial charge is 0.165 e. The van der Waals surface area contributed by atoms with Crippen LogP contribution >= 0.6 is 11.6 Å². The Bertz CT molecular complexity index is 602. The van der Waals surface area contributed by atoms with Crippen LogP contribution in [-0.4, -0.2) is 11.1 Å². The van der Waals surface area contributed by atoms with Crippen LogP contribution in [0, 0.1) is 5.82 Å². The van der Waals surface area contributed by atoms with Gasteiger partial charge in [0, 0.05) is 17.4 Å². The van der Waals surface area contributed by atoms with Crippen LogP contribution in [0.1, 0.15) is 13.8 Å². The number of nitrogens with two attached hydrogens (primary N) is 1. The second kappa shape index (κ2) is 5.45. The van der Waals surface area contributed by atoms with E-state index >= 15 is 0 Å². The lowest BCUT2D eigenvalue weighted by molar-refractivity contribution is 0.231. The van der Waals surface area contributed by atoms with E-state index < -0.39 is 5.82 Å². The zero-order valence-corrected chi connectivity index (χ0v) is 11.4. The zero-order valence-electron chi connectivity index (χ0n) is 10.7. The van der Waals surface area contributed by atoms with E-state index in [1.165, 1.54) is 18.3 Å². The van der Waals surface area contributed by atoms with Crippen LogP contribution in [0.15, 0.2) is 30.5 Å². The van der Waals surface area contributed by atoms with Crippen molar-refractivity contribution >= 4 is 17.3 Å². The summed E-state index contributed by atoms with van der Waals surface area (Å²) in [5.41, 5.74) is 7.57. The molecule has 0 spiro atoms. The summed E-state index contributed by atoms with van der Waals surface area (Å²) >= 11 is 5.73. The molecule has 2 N–H and O–H groups in total. The molecule has 1 aromatic carbocycles. The van der Waals surface area contributed by atoms with Gasteiger partial charge < -0.3 is 10.5 Å². The number of anilines is 1. The molecule has 0 saturated carbocycles. The number of pyridine rings is 1. The van der Waals surface area contributed by atoms with Crippen LogP contribution in [0.4, 0.5) is 10.1 Å². The molecule has 0 bridgehead atoms. The Balaban J connectivity index is 2.39. The Hall–Kier alpha value is -1.81. The normalized spacial score (nSPS) is 10.8. The van der Waals surface area contributed by atoms with Crippen LogP contribution in [0.25, 0.3) is 11.1 Å². The summed E-state index contributed by atoms with van der Waals surface area (Å²) in [6, 6.07) is 6.23. The van der Waals surface area contributed by atoms with E-state index in [9.17, 15) is 4.39 Å². The summed E-state index contributed by atoms with van der Waals surface area (Å²) in [4.78, 5) is 3.95. The van der Waals surface area contributed by atoms with Crippen molar-refractivity contribution in [2.24, 2.45) is 0 Å². The van der Waals surface area contributed by atoms with Crippen LogP contribution in [0.2, 0.25) is 5.15 Å². The molecule has 0 unspecified atom stereocenters. The van der Waals surface area contributed by atoms with E-state index in [2.05, 4.69) is 4.98 Å². The standard InChI is InChI=1S/C14H14ClFN2O/c1-8(2)19-13-4-3-9(5-11(13)16)10-7-18-14(15)6-12(10)17/h3-8H,1-2H3,(H2,17,18). The van der Waals surface area contributed by atoms with Gasteiger partial charge in [0.25, 0.3) is 0 Å². The second-order valence-electron chi connectivity index (χ2n) is 4.41. The molecular formula is C14H14ClFN2O. The first-order chi connectivity index (χ1) is 8.97. The van der Waals surface area contributed by atoms with Crippen molar-refractivity contribution in [3.63, 3.8) is 0 Å². The average molecular weight is 281 g/mol. The van der Waals surface area contributed by atoms with E-state index in [0.717, 1.165) is 0 Å². The van der Waals surface area contributed by atoms with Crippen LogP contribution in [-0.2, 0) is 0 Å². The van der Waals surface area contributed by atoms with Gasteiger partial charge in [-0.3, -0.25) is 0 Å². The molecule has 0 aliphatic heterocycles. The number of halogens is 2. The second-order valence-corrected chi connectivity index (χ2v) is 4.79. The van der Waals surface area contributed by atoms with Crippen molar-refractivity contribution in [1.82, 2.24) is 4.98 Å². The molecule has 1 aromatic heterocycles. The molecule has 5 heteroatoms. The van der Waals surface area contributed by atoms with Crippen molar-refractivity contribution in [3.8, 4) is 16.9 Å². The van der Waals surface area contributed by atoms with Crippen molar-refractivity contribution in [2.45, 2.75) is 20.0 Å². The largest absolute Gasteiger partial charge is 0.488 e. The van der Waals surface area contributed by atoms with Gasteiger partial charge in [-0.2, -0.15) is 0 Å². The number of rotatable bonds is 3. The molecule has 0 aliphatic carbocycles. The Morgan fingerprint density at radius 1 is 1.32 bits per heavy atom. The summed E-state index contributed by atoms with van der Waals surface area (Å²) < 4.78 is 19.2. The average Bonchev–Trinajstić information content (AvgIpc) is 2.31. The maximum absolute atomic E-state index is 13.9. The number of aromatic nitrogens is 1. The molecular weight excluding hydrogens is 267 g/mol. The quantitative estimate of drug-likeness (QED) is 0.867. The summed E-state index contributed by atoms with van der Waals surface area (Å²) in [7, 11) is 0. The highest BCUT2D eigenvalue weighted by Crippen LogP contribution is 2.30. The Labute approximate surface area is 116 Å². The van der Waals surface area contributed by atoms with Gasteiger partial charge in [0.2, 0.25) is 0 Å². The van der Waals surface area contributed by atoms with Gasteiger partial charge in [0.05, 0.1) is 6.10 Å².